The zero-order chi connectivity index (χ0) is 15.3. The van der Waals surface area contributed by atoms with Gasteiger partial charge in [-0.3, -0.25) is 4.68 Å². The SMILES string of the molecule is CCCn1cc(S(=O)(=O)NCC(O)C(=O)OC)c(N)n1. The van der Waals surface area contributed by atoms with Gasteiger partial charge in [-0.2, -0.15) is 5.10 Å². The van der Waals surface area contributed by atoms with Gasteiger partial charge in [-0.05, 0) is 6.42 Å². The first-order valence-corrected chi connectivity index (χ1v) is 7.38. The predicted molar refractivity (Wildman–Crippen MR) is 70.1 cm³/mol. The zero-order valence-corrected chi connectivity index (χ0v) is 12.1. The molecule has 0 aromatic carbocycles. The molecule has 1 aromatic heterocycles. The summed E-state index contributed by atoms with van der Waals surface area (Å²) in [5.74, 6) is -1.07. The van der Waals surface area contributed by atoms with E-state index in [1.807, 2.05) is 6.92 Å². The topological polar surface area (TPSA) is 137 Å². The van der Waals surface area contributed by atoms with Crippen molar-refractivity contribution < 1.29 is 23.1 Å². The molecular formula is C10H18N4O5S. The number of hydrogen-bond donors (Lipinski definition) is 3. The van der Waals surface area contributed by atoms with Crippen molar-refractivity contribution in [2.75, 3.05) is 19.4 Å². The lowest BCUT2D eigenvalue weighted by atomic mass is 10.4. The average Bonchev–Trinajstić information content (AvgIpc) is 2.77. The first kappa shape index (κ1) is 16.4. The Labute approximate surface area is 116 Å². The van der Waals surface area contributed by atoms with Crippen LogP contribution in [0.25, 0.3) is 0 Å². The quantitative estimate of drug-likeness (QED) is 0.532. The molecule has 4 N–H and O–H groups in total. The van der Waals surface area contributed by atoms with Crippen LogP contribution in [0.15, 0.2) is 11.1 Å². The Balaban J connectivity index is 2.81. The number of nitrogens with zero attached hydrogens (tertiary/aromatic N) is 2. The number of esters is 1. The van der Waals surface area contributed by atoms with Crippen LogP contribution in [0.5, 0.6) is 0 Å². The third-order valence-electron chi connectivity index (χ3n) is 2.44. The van der Waals surface area contributed by atoms with Gasteiger partial charge < -0.3 is 15.6 Å². The highest BCUT2D eigenvalue weighted by Crippen LogP contribution is 2.16. The largest absolute Gasteiger partial charge is 0.467 e. The van der Waals surface area contributed by atoms with Crippen molar-refractivity contribution in [1.29, 1.82) is 0 Å². The van der Waals surface area contributed by atoms with Crippen molar-refractivity contribution in [3.8, 4) is 0 Å². The minimum Gasteiger partial charge on any atom is -0.467 e. The van der Waals surface area contributed by atoms with Gasteiger partial charge in [0.25, 0.3) is 0 Å². The van der Waals surface area contributed by atoms with Gasteiger partial charge >= 0.3 is 5.97 Å². The molecule has 114 valence electrons. The van der Waals surface area contributed by atoms with Crippen LogP contribution in [-0.4, -0.2) is 49.0 Å². The fourth-order valence-corrected chi connectivity index (χ4v) is 2.56. The third-order valence-corrected chi connectivity index (χ3v) is 3.88. The highest BCUT2D eigenvalue weighted by molar-refractivity contribution is 7.89. The summed E-state index contributed by atoms with van der Waals surface area (Å²) in [7, 11) is -2.86. The Morgan fingerprint density at radius 2 is 2.30 bits per heavy atom. The van der Waals surface area contributed by atoms with Crippen molar-refractivity contribution in [2.45, 2.75) is 30.9 Å². The summed E-state index contributed by atoms with van der Waals surface area (Å²) >= 11 is 0. The molecular weight excluding hydrogens is 288 g/mol. The van der Waals surface area contributed by atoms with Gasteiger partial charge in [0.15, 0.2) is 11.9 Å². The first-order valence-electron chi connectivity index (χ1n) is 5.90. The number of rotatable bonds is 7. The second-order valence-electron chi connectivity index (χ2n) is 4.03. The molecule has 10 heteroatoms. The fourth-order valence-electron chi connectivity index (χ4n) is 1.45. The Morgan fingerprint density at radius 3 is 2.85 bits per heavy atom. The minimum absolute atomic E-state index is 0.140. The van der Waals surface area contributed by atoms with Gasteiger partial charge in [0, 0.05) is 19.3 Å². The number of hydrogen-bond acceptors (Lipinski definition) is 7. The first-order chi connectivity index (χ1) is 9.31. The number of aliphatic hydroxyl groups excluding tert-OH is 1. The summed E-state index contributed by atoms with van der Waals surface area (Å²) in [5.41, 5.74) is 5.54. The third kappa shape index (κ3) is 3.92. The van der Waals surface area contributed by atoms with Crippen LogP contribution in [0.3, 0.4) is 0 Å². The minimum atomic E-state index is -3.95. The van der Waals surface area contributed by atoms with E-state index >= 15 is 0 Å². The molecule has 0 fully saturated rings. The van der Waals surface area contributed by atoms with Gasteiger partial charge in [0.1, 0.15) is 4.90 Å². The Hall–Kier alpha value is -1.65. The van der Waals surface area contributed by atoms with Crippen molar-refractivity contribution >= 4 is 21.8 Å². The van der Waals surface area contributed by atoms with E-state index in [1.165, 1.54) is 10.9 Å². The highest BCUT2D eigenvalue weighted by atomic mass is 32.2. The van der Waals surface area contributed by atoms with Crippen LogP contribution in [0.4, 0.5) is 5.82 Å². The molecule has 0 saturated carbocycles. The molecule has 0 amide bonds. The molecule has 0 spiro atoms. The van der Waals surface area contributed by atoms with E-state index in [-0.39, 0.29) is 10.7 Å². The molecule has 1 heterocycles. The van der Waals surface area contributed by atoms with Crippen molar-refractivity contribution in [3.05, 3.63) is 6.20 Å². The van der Waals surface area contributed by atoms with Crippen LogP contribution in [0.1, 0.15) is 13.3 Å². The number of sulfonamides is 1. The lowest BCUT2D eigenvalue weighted by Gasteiger charge is -2.09. The second kappa shape index (κ2) is 6.68. The maximum atomic E-state index is 12.0. The number of carbonyl (C=O) groups excluding carboxylic acids is 1. The van der Waals surface area contributed by atoms with E-state index in [0.29, 0.717) is 6.54 Å². The number of aromatic nitrogens is 2. The fraction of sp³-hybridized carbons (Fsp3) is 0.600. The number of nitrogens with one attached hydrogen (secondary N) is 1. The Kier molecular flexibility index (Phi) is 5.48. The molecule has 0 aliphatic heterocycles. The second-order valence-corrected chi connectivity index (χ2v) is 5.77. The molecule has 0 radical (unpaired) electrons. The molecule has 0 aliphatic rings. The molecule has 20 heavy (non-hydrogen) atoms. The molecule has 1 rings (SSSR count). The summed E-state index contributed by atoms with van der Waals surface area (Å²) in [6.45, 7) is 1.94. The smallest absolute Gasteiger partial charge is 0.336 e. The van der Waals surface area contributed by atoms with Crippen LogP contribution >= 0.6 is 0 Å². The van der Waals surface area contributed by atoms with E-state index < -0.39 is 28.6 Å². The average molecular weight is 306 g/mol. The van der Waals surface area contributed by atoms with E-state index in [9.17, 15) is 18.3 Å². The maximum Gasteiger partial charge on any atom is 0.336 e. The molecule has 0 saturated heterocycles. The summed E-state index contributed by atoms with van der Waals surface area (Å²) < 4.78 is 31.7. The van der Waals surface area contributed by atoms with Gasteiger partial charge in [0.05, 0.1) is 7.11 Å². The standard InChI is InChI=1S/C10H18N4O5S/c1-3-4-14-6-8(9(11)13-14)20(17,18)12-5-7(15)10(16)19-2/h6-7,12,15H,3-5H2,1-2H3,(H2,11,13). The van der Waals surface area contributed by atoms with E-state index in [1.54, 1.807) is 0 Å². The lowest BCUT2D eigenvalue weighted by molar-refractivity contribution is -0.149. The Morgan fingerprint density at radius 1 is 1.65 bits per heavy atom. The number of nitrogen functional groups attached to an aromatic ring is 1. The number of carbonyl (C=O) groups is 1. The van der Waals surface area contributed by atoms with Crippen molar-refractivity contribution in [3.63, 3.8) is 0 Å². The van der Waals surface area contributed by atoms with Crippen LogP contribution in [-0.2, 0) is 26.1 Å². The highest BCUT2D eigenvalue weighted by Gasteiger charge is 2.24. The molecule has 9 nitrogen and oxygen atoms in total. The monoisotopic (exact) mass is 306 g/mol. The number of methoxy groups -OCH3 is 1. The summed E-state index contributed by atoms with van der Waals surface area (Å²) in [4.78, 5) is 10.8. The zero-order valence-electron chi connectivity index (χ0n) is 11.2. The predicted octanol–water partition coefficient (Wildman–Crippen LogP) is -1.31. The van der Waals surface area contributed by atoms with E-state index in [2.05, 4.69) is 14.6 Å². The van der Waals surface area contributed by atoms with Gasteiger partial charge in [-0.25, -0.2) is 17.9 Å². The van der Waals surface area contributed by atoms with Crippen LogP contribution in [0, 0.1) is 0 Å². The molecule has 0 bridgehead atoms. The molecule has 1 unspecified atom stereocenters. The van der Waals surface area contributed by atoms with Gasteiger partial charge in [-0.1, -0.05) is 6.92 Å². The number of anilines is 1. The van der Waals surface area contributed by atoms with Gasteiger partial charge in [0.2, 0.25) is 10.0 Å². The lowest BCUT2D eigenvalue weighted by Crippen LogP contribution is -2.37. The molecule has 0 aliphatic carbocycles. The summed E-state index contributed by atoms with van der Waals surface area (Å²) in [6.07, 6.45) is 0.488. The number of aliphatic hydroxyl groups is 1. The number of ether oxygens (including phenoxy) is 1. The number of aryl methyl sites for hydroxylation is 1. The number of nitrogens with two attached hydrogens (primary N) is 1. The summed E-state index contributed by atoms with van der Waals surface area (Å²) in [6, 6.07) is 0. The van der Waals surface area contributed by atoms with Crippen molar-refractivity contribution in [1.82, 2.24) is 14.5 Å². The van der Waals surface area contributed by atoms with E-state index in [0.717, 1.165) is 13.5 Å². The normalized spacial score (nSPS) is 13.2. The molecule has 1 atom stereocenters. The Bertz CT molecular complexity index is 568. The van der Waals surface area contributed by atoms with E-state index in [4.69, 9.17) is 5.73 Å². The maximum absolute atomic E-state index is 12.0. The van der Waals surface area contributed by atoms with Crippen molar-refractivity contribution in [2.24, 2.45) is 0 Å². The van der Waals surface area contributed by atoms with Gasteiger partial charge in [-0.15, -0.1) is 0 Å². The molecule has 1 aromatic rings. The van der Waals surface area contributed by atoms with Crippen LogP contribution < -0.4 is 10.5 Å². The van der Waals surface area contributed by atoms with Crippen LogP contribution in [0.2, 0.25) is 0 Å². The summed E-state index contributed by atoms with van der Waals surface area (Å²) in [5, 5.41) is 13.2.